The van der Waals surface area contributed by atoms with E-state index in [1.807, 2.05) is 12.1 Å². The van der Waals surface area contributed by atoms with E-state index < -0.39 is 5.97 Å². The van der Waals surface area contributed by atoms with Gasteiger partial charge in [-0.25, -0.2) is 4.79 Å². The van der Waals surface area contributed by atoms with Crippen LogP contribution in [0.15, 0.2) is 41.8 Å². The lowest BCUT2D eigenvalue weighted by Crippen LogP contribution is -2.29. The summed E-state index contributed by atoms with van der Waals surface area (Å²) >= 11 is 1.72. The van der Waals surface area contributed by atoms with Crippen LogP contribution in [-0.4, -0.2) is 17.1 Å². The Hall–Kier alpha value is -1.81. The zero-order chi connectivity index (χ0) is 13.8. The van der Waals surface area contributed by atoms with E-state index in [4.69, 9.17) is 5.11 Å². The van der Waals surface area contributed by atoms with E-state index in [1.165, 1.54) is 4.88 Å². The lowest BCUT2D eigenvalue weighted by atomic mass is 10.1. The Morgan fingerprint density at radius 2 is 2.11 bits per heavy atom. The van der Waals surface area contributed by atoms with Crippen molar-refractivity contribution in [2.24, 2.45) is 0 Å². The first-order valence-electron chi connectivity index (χ1n) is 6.20. The van der Waals surface area contributed by atoms with Gasteiger partial charge in [-0.15, -0.1) is 11.3 Å². The number of anilines is 1. The van der Waals surface area contributed by atoms with Crippen molar-refractivity contribution < 1.29 is 9.90 Å². The Kier molecular flexibility index (Phi) is 4.22. The third-order valence-corrected chi connectivity index (χ3v) is 3.82. The molecule has 0 aliphatic carbocycles. The molecular formula is C15H17NO2S. The summed E-state index contributed by atoms with van der Waals surface area (Å²) in [4.78, 5) is 14.5. The van der Waals surface area contributed by atoms with E-state index >= 15 is 0 Å². The molecule has 1 aromatic carbocycles. The third kappa shape index (κ3) is 3.35. The summed E-state index contributed by atoms with van der Waals surface area (Å²) in [6, 6.07) is 11.5. The molecule has 0 radical (unpaired) electrons. The molecular weight excluding hydrogens is 258 g/mol. The van der Waals surface area contributed by atoms with Gasteiger partial charge in [0.1, 0.15) is 0 Å². The van der Waals surface area contributed by atoms with Crippen LogP contribution >= 0.6 is 11.3 Å². The minimum absolute atomic E-state index is 0.311. The zero-order valence-corrected chi connectivity index (χ0v) is 11.9. The molecule has 0 atom stereocenters. The molecule has 0 fully saturated rings. The van der Waals surface area contributed by atoms with Crippen LogP contribution in [0.25, 0.3) is 0 Å². The van der Waals surface area contributed by atoms with Crippen LogP contribution < -0.4 is 4.90 Å². The minimum Gasteiger partial charge on any atom is -0.478 e. The summed E-state index contributed by atoms with van der Waals surface area (Å²) in [5.41, 5.74) is 1.28. The first-order chi connectivity index (χ1) is 9.08. The number of carbonyl (C=O) groups is 1. The van der Waals surface area contributed by atoms with Crippen molar-refractivity contribution in [2.45, 2.75) is 26.4 Å². The fourth-order valence-corrected chi connectivity index (χ4v) is 2.66. The second kappa shape index (κ2) is 5.89. The number of hydrogen-bond acceptors (Lipinski definition) is 3. The first-order valence-corrected chi connectivity index (χ1v) is 7.08. The van der Waals surface area contributed by atoms with Crippen LogP contribution in [0, 0.1) is 0 Å². The monoisotopic (exact) mass is 275 g/mol. The van der Waals surface area contributed by atoms with Crippen LogP contribution in [0.2, 0.25) is 0 Å². The highest BCUT2D eigenvalue weighted by atomic mass is 32.1. The Morgan fingerprint density at radius 3 is 2.68 bits per heavy atom. The number of carboxylic acids is 1. The molecule has 0 saturated heterocycles. The van der Waals surface area contributed by atoms with Crippen molar-refractivity contribution in [1.82, 2.24) is 0 Å². The SMILES string of the molecule is CC(C)N(Cc1cccs1)c1cccc(C(=O)O)c1. The molecule has 1 heterocycles. The number of benzene rings is 1. The highest BCUT2D eigenvalue weighted by molar-refractivity contribution is 7.09. The molecule has 0 amide bonds. The van der Waals surface area contributed by atoms with Gasteiger partial charge in [0.05, 0.1) is 12.1 Å². The molecule has 3 nitrogen and oxygen atoms in total. The zero-order valence-electron chi connectivity index (χ0n) is 11.0. The normalized spacial score (nSPS) is 10.7. The molecule has 0 saturated carbocycles. The molecule has 19 heavy (non-hydrogen) atoms. The van der Waals surface area contributed by atoms with Crippen molar-refractivity contribution in [2.75, 3.05) is 4.90 Å². The standard InChI is InChI=1S/C15H17NO2S/c1-11(2)16(10-14-7-4-8-19-14)13-6-3-5-12(9-13)15(17)18/h3-9,11H,10H2,1-2H3,(H,17,18). The van der Waals surface area contributed by atoms with Crippen molar-refractivity contribution in [3.8, 4) is 0 Å². The Balaban J connectivity index is 2.28. The van der Waals surface area contributed by atoms with E-state index in [1.54, 1.807) is 29.5 Å². The van der Waals surface area contributed by atoms with Gasteiger partial charge in [0, 0.05) is 16.6 Å². The molecule has 4 heteroatoms. The molecule has 2 rings (SSSR count). The van der Waals surface area contributed by atoms with Crippen LogP contribution in [0.4, 0.5) is 5.69 Å². The van der Waals surface area contributed by atoms with Gasteiger partial charge in [-0.05, 0) is 43.5 Å². The lowest BCUT2D eigenvalue weighted by molar-refractivity contribution is 0.0697. The molecule has 1 aromatic heterocycles. The Labute approximate surface area is 117 Å². The highest BCUT2D eigenvalue weighted by Crippen LogP contribution is 2.23. The molecule has 0 aliphatic rings. The van der Waals surface area contributed by atoms with Gasteiger partial charge in [-0.3, -0.25) is 0 Å². The van der Waals surface area contributed by atoms with Crippen molar-refractivity contribution >= 4 is 23.0 Å². The number of rotatable bonds is 5. The lowest BCUT2D eigenvalue weighted by Gasteiger charge is -2.28. The van der Waals surface area contributed by atoms with Gasteiger partial charge in [0.2, 0.25) is 0 Å². The highest BCUT2D eigenvalue weighted by Gasteiger charge is 2.13. The minimum atomic E-state index is -0.887. The summed E-state index contributed by atoms with van der Waals surface area (Å²) in [7, 11) is 0. The predicted molar refractivity (Wildman–Crippen MR) is 79.0 cm³/mol. The fourth-order valence-electron chi connectivity index (χ4n) is 1.96. The van der Waals surface area contributed by atoms with Gasteiger partial charge < -0.3 is 10.0 Å². The van der Waals surface area contributed by atoms with E-state index in [0.29, 0.717) is 11.6 Å². The molecule has 0 unspecified atom stereocenters. The molecule has 0 bridgehead atoms. The van der Waals surface area contributed by atoms with Gasteiger partial charge in [-0.1, -0.05) is 12.1 Å². The number of thiophene rings is 1. The number of nitrogens with zero attached hydrogens (tertiary/aromatic N) is 1. The summed E-state index contributed by atoms with van der Waals surface area (Å²) < 4.78 is 0. The van der Waals surface area contributed by atoms with E-state index in [-0.39, 0.29) is 0 Å². The molecule has 1 N–H and O–H groups in total. The third-order valence-electron chi connectivity index (χ3n) is 2.95. The summed E-state index contributed by atoms with van der Waals surface area (Å²) in [5, 5.41) is 11.1. The summed E-state index contributed by atoms with van der Waals surface area (Å²) in [5.74, 6) is -0.887. The first kappa shape index (κ1) is 13.6. The second-order valence-electron chi connectivity index (χ2n) is 4.66. The topological polar surface area (TPSA) is 40.5 Å². The van der Waals surface area contributed by atoms with Crippen LogP contribution in [0.3, 0.4) is 0 Å². The largest absolute Gasteiger partial charge is 0.478 e. The fraction of sp³-hybridized carbons (Fsp3) is 0.267. The maximum Gasteiger partial charge on any atom is 0.335 e. The van der Waals surface area contributed by atoms with Crippen molar-refractivity contribution in [1.29, 1.82) is 0 Å². The predicted octanol–water partition coefficient (Wildman–Crippen LogP) is 3.86. The van der Waals surface area contributed by atoms with Gasteiger partial charge in [0.25, 0.3) is 0 Å². The molecule has 0 spiro atoms. The smallest absolute Gasteiger partial charge is 0.335 e. The average Bonchev–Trinajstić information content (AvgIpc) is 2.88. The number of carboxylic acid groups (broad SMARTS) is 1. The van der Waals surface area contributed by atoms with Crippen LogP contribution in [0.1, 0.15) is 29.1 Å². The van der Waals surface area contributed by atoms with E-state index in [9.17, 15) is 4.79 Å². The Morgan fingerprint density at radius 1 is 1.32 bits per heavy atom. The van der Waals surface area contributed by atoms with Gasteiger partial charge in [-0.2, -0.15) is 0 Å². The van der Waals surface area contributed by atoms with Crippen LogP contribution in [-0.2, 0) is 6.54 Å². The summed E-state index contributed by atoms with van der Waals surface area (Å²) in [6.07, 6.45) is 0. The van der Waals surface area contributed by atoms with E-state index in [0.717, 1.165) is 12.2 Å². The van der Waals surface area contributed by atoms with Gasteiger partial charge >= 0.3 is 5.97 Å². The number of aromatic carboxylic acids is 1. The molecule has 0 aliphatic heterocycles. The second-order valence-corrected chi connectivity index (χ2v) is 5.69. The number of hydrogen-bond donors (Lipinski definition) is 1. The maximum absolute atomic E-state index is 11.0. The van der Waals surface area contributed by atoms with Crippen molar-refractivity contribution in [3.63, 3.8) is 0 Å². The van der Waals surface area contributed by atoms with Crippen molar-refractivity contribution in [3.05, 3.63) is 52.2 Å². The summed E-state index contributed by atoms with van der Waals surface area (Å²) in [6.45, 7) is 5.03. The molecule has 100 valence electrons. The van der Waals surface area contributed by atoms with Gasteiger partial charge in [0.15, 0.2) is 0 Å². The maximum atomic E-state index is 11.0. The quantitative estimate of drug-likeness (QED) is 0.900. The Bertz CT molecular complexity index is 549. The molecule has 2 aromatic rings. The van der Waals surface area contributed by atoms with E-state index in [2.05, 4.69) is 30.2 Å². The van der Waals surface area contributed by atoms with Crippen LogP contribution in [0.5, 0.6) is 0 Å². The average molecular weight is 275 g/mol.